The largest absolute Gasteiger partial charge is 0.358 e. The van der Waals surface area contributed by atoms with Crippen molar-refractivity contribution in [2.45, 2.75) is 20.4 Å². The van der Waals surface area contributed by atoms with Gasteiger partial charge in [-0.1, -0.05) is 13.8 Å². The van der Waals surface area contributed by atoms with E-state index in [1.165, 1.54) is 12.3 Å². The molecule has 0 aliphatic rings. The molecule has 0 saturated carbocycles. The highest BCUT2D eigenvalue weighted by atomic mass is 32.2. The highest BCUT2D eigenvalue weighted by Gasteiger charge is 2.12. The highest BCUT2D eigenvalue weighted by molar-refractivity contribution is 7.90. The summed E-state index contributed by atoms with van der Waals surface area (Å²) in [6, 6.07) is 1.44. The van der Waals surface area contributed by atoms with Crippen LogP contribution in [0.25, 0.3) is 0 Å². The predicted octanol–water partition coefficient (Wildman–Crippen LogP) is 1.45. The molecule has 0 atom stereocenters. The van der Waals surface area contributed by atoms with Crippen LogP contribution in [-0.4, -0.2) is 45.5 Å². The molecule has 7 heteroatoms. The molecule has 1 aromatic rings. The molecule has 1 N–H and O–H groups in total. The van der Waals surface area contributed by atoms with E-state index in [0.29, 0.717) is 24.8 Å². The minimum absolute atomic E-state index is 0.0431. The van der Waals surface area contributed by atoms with Gasteiger partial charge < -0.3 is 10.2 Å². The summed E-state index contributed by atoms with van der Waals surface area (Å²) in [5.41, 5.74) is 0.728. The van der Waals surface area contributed by atoms with Gasteiger partial charge in [-0.2, -0.15) is 0 Å². The molecule has 21 heavy (non-hydrogen) atoms. The molecule has 5 nitrogen and oxygen atoms in total. The second kappa shape index (κ2) is 7.70. The normalized spacial score (nSPS) is 11.9. The number of pyridine rings is 1. The zero-order valence-electron chi connectivity index (χ0n) is 13.1. The van der Waals surface area contributed by atoms with Crippen molar-refractivity contribution in [3.8, 4) is 0 Å². The van der Waals surface area contributed by atoms with Crippen molar-refractivity contribution in [2.24, 2.45) is 5.92 Å². The molecule has 0 aliphatic heterocycles. The van der Waals surface area contributed by atoms with Gasteiger partial charge >= 0.3 is 0 Å². The van der Waals surface area contributed by atoms with Crippen LogP contribution in [0, 0.1) is 11.7 Å². The monoisotopic (exact) mass is 317 g/mol. The highest BCUT2D eigenvalue weighted by Crippen LogP contribution is 2.17. The van der Waals surface area contributed by atoms with Crippen molar-refractivity contribution in [2.75, 3.05) is 37.0 Å². The number of sulfone groups is 1. The Morgan fingerprint density at radius 3 is 2.67 bits per heavy atom. The third-order valence-electron chi connectivity index (χ3n) is 2.94. The van der Waals surface area contributed by atoms with E-state index < -0.39 is 15.7 Å². The van der Waals surface area contributed by atoms with Gasteiger partial charge in [0.1, 0.15) is 21.5 Å². The van der Waals surface area contributed by atoms with Gasteiger partial charge in [-0.3, -0.25) is 0 Å². The van der Waals surface area contributed by atoms with E-state index in [0.717, 1.165) is 18.3 Å². The van der Waals surface area contributed by atoms with Crippen LogP contribution in [0.1, 0.15) is 19.4 Å². The molecule has 0 unspecified atom stereocenters. The Bertz CT molecular complexity index is 561. The van der Waals surface area contributed by atoms with Crippen molar-refractivity contribution in [3.05, 3.63) is 23.6 Å². The van der Waals surface area contributed by atoms with Gasteiger partial charge in [0.25, 0.3) is 0 Å². The van der Waals surface area contributed by atoms with Gasteiger partial charge in [0, 0.05) is 32.0 Å². The fraction of sp³-hybridized carbons (Fsp3) is 0.643. The first-order valence-corrected chi connectivity index (χ1v) is 8.99. The van der Waals surface area contributed by atoms with E-state index in [9.17, 15) is 12.8 Å². The fourth-order valence-electron chi connectivity index (χ4n) is 1.85. The molecule has 1 aromatic heterocycles. The lowest BCUT2D eigenvalue weighted by Crippen LogP contribution is -2.28. The van der Waals surface area contributed by atoms with Gasteiger partial charge in [-0.15, -0.1) is 0 Å². The van der Waals surface area contributed by atoms with E-state index >= 15 is 0 Å². The molecule has 1 rings (SSSR count). The maximum absolute atomic E-state index is 13.4. The van der Waals surface area contributed by atoms with E-state index in [2.05, 4.69) is 24.1 Å². The summed E-state index contributed by atoms with van der Waals surface area (Å²) in [5, 5.41) is 3.24. The van der Waals surface area contributed by atoms with E-state index in [-0.39, 0.29) is 5.75 Å². The van der Waals surface area contributed by atoms with Crippen LogP contribution in [0.4, 0.5) is 10.2 Å². The van der Waals surface area contributed by atoms with E-state index in [1.54, 1.807) is 11.9 Å². The minimum Gasteiger partial charge on any atom is -0.358 e. The summed E-state index contributed by atoms with van der Waals surface area (Å²) in [7, 11) is -1.27. The predicted molar refractivity (Wildman–Crippen MR) is 83.7 cm³/mol. The molecule has 0 bridgehead atoms. The summed E-state index contributed by atoms with van der Waals surface area (Å²) in [6.45, 7) is 5.84. The van der Waals surface area contributed by atoms with Gasteiger partial charge in [0.05, 0.1) is 11.9 Å². The first-order valence-electron chi connectivity index (χ1n) is 6.93. The molecule has 0 aromatic carbocycles. The molecular formula is C14H24FN3O2S. The lowest BCUT2D eigenvalue weighted by molar-refractivity contribution is 0.548. The maximum Gasteiger partial charge on any atom is 0.149 e. The van der Waals surface area contributed by atoms with Crippen LogP contribution in [0.5, 0.6) is 0 Å². The summed E-state index contributed by atoms with van der Waals surface area (Å²) in [4.78, 5) is 5.84. The minimum atomic E-state index is -3.04. The average Bonchev–Trinajstić information content (AvgIpc) is 2.35. The summed E-state index contributed by atoms with van der Waals surface area (Å²) < 4.78 is 35.8. The molecule has 0 aliphatic carbocycles. The lowest BCUT2D eigenvalue weighted by atomic mass is 10.2. The van der Waals surface area contributed by atoms with E-state index in [1.807, 2.05) is 0 Å². The first-order chi connectivity index (χ1) is 9.69. The number of nitrogens with one attached hydrogen (secondary N) is 1. The third-order valence-corrected chi connectivity index (χ3v) is 3.86. The van der Waals surface area contributed by atoms with Crippen molar-refractivity contribution in [1.29, 1.82) is 0 Å². The number of aromatic nitrogens is 1. The third kappa shape index (κ3) is 6.86. The number of nitrogens with zero attached hydrogens (tertiary/aromatic N) is 2. The second-order valence-electron chi connectivity index (χ2n) is 5.71. The fourth-order valence-corrected chi connectivity index (χ4v) is 2.46. The molecule has 120 valence electrons. The number of hydrogen-bond donors (Lipinski definition) is 1. The van der Waals surface area contributed by atoms with Crippen LogP contribution in [0.15, 0.2) is 12.3 Å². The van der Waals surface area contributed by atoms with Crippen LogP contribution in [-0.2, 0) is 16.4 Å². The van der Waals surface area contributed by atoms with Crippen LogP contribution in [0.2, 0.25) is 0 Å². The van der Waals surface area contributed by atoms with Gasteiger partial charge in [0.2, 0.25) is 0 Å². The van der Waals surface area contributed by atoms with Gasteiger partial charge in [-0.05, 0) is 18.5 Å². The lowest BCUT2D eigenvalue weighted by Gasteiger charge is -2.21. The Kier molecular flexibility index (Phi) is 6.54. The van der Waals surface area contributed by atoms with Crippen molar-refractivity contribution in [1.82, 2.24) is 10.3 Å². The summed E-state index contributed by atoms with van der Waals surface area (Å²) >= 11 is 0. The molecule has 0 spiro atoms. The summed E-state index contributed by atoms with van der Waals surface area (Å²) in [5.74, 6) is 0.757. The zero-order chi connectivity index (χ0) is 16.0. The van der Waals surface area contributed by atoms with Crippen molar-refractivity contribution >= 4 is 15.7 Å². The Labute approximate surface area is 126 Å². The Morgan fingerprint density at radius 2 is 2.10 bits per heavy atom. The molecule has 0 fully saturated rings. The number of hydrogen-bond acceptors (Lipinski definition) is 5. The van der Waals surface area contributed by atoms with Crippen LogP contribution >= 0.6 is 0 Å². The van der Waals surface area contributed by atoms with Crippen molar-refractivity contribution < 1.29 is 12.8 Å². The number of halogens is 1. The number of anilines is 1. The SMILES string of the molecule is CC(C)CNCc1cc(F)cnc1N(C)CCS(C)(=O)=O. The van der Waals surface area contributed by atoms with Gasteiger partial charge in [0.15, 0.2) is 0 Å². The van der Waals surface area contributed by atoms with E-state index in [4.69, 9.17) is 0 Å². The van der Waals surface area contributed by atoms with Crippen LogP contribution in [0.3, 0.4) is 0 Å². The molecular weight excluding hydrogens is 293 g/mol. The molecule has 0 radical (unpaired) electrons. The summed E-state index contributed by atoms with van der Waals surface area (Å²) in [6.07, 6.45) is 2.35. The quantitative estimate of drug-likeness (QED) is 0.786. The second-order valence-corrected chi connectivity index (χ2v) is 7.97. The topological polar surface area (TPSA) is 62.3 Å². The van der Waals surface area contributed by atoms with Crippen LogP contribution < -0.4 is 10.2 Å². The number of rotatable bonds is 8. The Balaban J connectivity index is 2.80. The zero-order valence-corrected chi connectivity index (χ0v) is 13.9. The maximum atomic E-state index is 13.4. The van der Waals surface area contributed by atoms with Crippen molar-refractivity contribution in [3.63, 3.8) is 0 Å². The molecule has 0 amide bonds. The van der Waals surface area contributed by atoms with Gasteiger partial charge in [-0.25, -0.2) is 17.8 Å². The standard InChI is InChI=1S/C14H24FN3O2S/c1-11(2)8-16-9-12-7-13(15)10-17-14(12)18(3)5-6-21(4,19)20/h7,10-11,16H,5-6,8-9H2,1-4H3. The average molecular weight is 317 g/mol. The molecule has 1 heterocycles. The molecule has 0 saturated heterocycles. The Hall–Kier alpha value is -1.21. The smallest absolute Gasteiger partial charge is 0.149 e. The Morgan fingerprint density at radius 1 is 1.43 bits per heavy atom. The first kappa shape index (κ1) is 17.8.